The normalized spacial score (nSPS) is 14.6. The predicted molar refractivity (Wildman–Crippen MR) is 132 cm³/mol. The van der Waals surface area contributed by atoms with Crippen LogP contribution < -0.4 is 10.6 Å². The summed E-state index contributed by atoms with van der Waals surface area (Å²) in [5.74, 6) is 2.87. The van der Waals surface area contributed by atoms with E-state index in [1.54, 1.807) is 19.1 Å². The van der Waals surface area contributed by atoms with E-state index in [-0.39, 0.29) is 5.82 Å². The van der Waals surface area contributed by atoms with Crippen LogP contribution in [0.5, 0.6) is 0 Å². The van der Waals surface area contributed by atoms with Gasteiger partial charge in [-0.15, -0.1) is 0 Å². The number of benzene rings is 2. The summed E-state index contributed by atoms with van der Waals surface area (Å²) in [6.45, 7) is 5.05. The molecule has 2 aromatic heterocycles. The molecule has 0 atom stereocenters. The molecule has 0 amide bonds. The minimum Gasteiger partial charge on any atom is -0.339 e. The molecule has 0 saturated carbocycles. The number of thiazole rings is 1. The maximum Gasteiger partial charge on any atom is 0.189 e. The van der Waals surface area contributed by atoms with Crippen LogP contribution in [0.2, 0.25) is 0 Å². The average molecular weight is 467 g/mol. The van der Waals surface area contributed by atoms with E-state index in [0.29, 0.717) is 17.0 Å². The minimum absolute atomic E-state index is 0.228. The molecule has 4 aromatic rings. The van der Waals surface area contributed by atoms with Crippen molar-refractivity contribution in [1.29, 1.82) is 0 Å². The largest absolute Gasteiger partial charge is 0.339 e. The molecular weight excluding hydrogens is 443 g/mol. The van der Waals surface area contributed by atoms with Crippen LogP contribution in [0, 0.1) is 12.7 Å². The van der Waals surface area contributed by atoms with Gasteiger partial charge >= 0.3 is 0 Å². The molecule has 1 fully saturated rings. The zero-order valence-electron chi connectivity index (χ0n) is 17.6. The molecule has 0 bridgehead atoms. The first-order valence-corrected chi connectivity index (χ1v) is 12.4. The second-order valence-electron chi connectivity index (χ2n) is 7.69. The summed E-state index contributed by atoms with van der Waals surface area (Å²) in [5.41, 5.74) is 4.27. The van der Waals surface area contributed by atoms with Crippen LogP contribution in [0.25, 0.3) is 10.3 Å². The van der Waals surface area contributed by atoms with Gasteiger partial charge in [0.1, 0.15) is 16.8 Å². The van der Waals surface area contributed by atoms with Crippen LogP contribution in [-0.4, -0.2) is 44.4 Å². The van der Waals surface area contributed by atoms with Crippen molar-refractivity contribution in [2.75, 3.05) is 35.2 Å². The van der Waals surface area contributed by atoms with Crippen molar-refractivity contribution in [1.82, 2.24) is 19.9 Å². The van der Waals surface area contributed by atoms with Gasteiger partial charge in [0.05, 0.1) is 0 Å². The number of nitrogens with zero attached hydrogens (tertiary/aromatic N) is 4. The average Bonchev–Trinajstić information content (AvgIpc) is 3.22. The molecule has 2 N–H and O–H groups in total. The van der Waals surface area contributed by atoms with Crippen molar-refractivity contribution in [3.8, 4) is 0 Å². The second kappa shape index (κ2) is 9.40. The lowest BCUT2D eigenvalue weighted by Crippen LogP contribution is -2.31. The van der Waals surface area contributed by atoms with E-state index in [9.17, 15) is 4.39 Å². The lowest BCUT2D eigenvalue weighted by molar-refractivity contribution is 0.294. The van der Waals surface area contributed by atoms with Gasteiger partial charge in [0, 0.05) is 42.5 Å². The topological polar surface area (TPSA) is 66.0 Å². The molecule has 2 aromatic carbocycles. The Morgan fingerprint density at radius 3 is 2.56 bits per heavy atom. The van der Waals surface area contributed by atoms with Gasteiger partial charge in [-0.2, -0.15) is 16.7 Å². The van der Waals surface area contributed by atoms with E-state index in [2.05, 4.69) is 54.8 Å². The number of rotatable bonds is 6. The Kier molecular flexibility index (Phi) is 6.20. The number of fused-ring (bicyclic) bond motifs is 1. The third-order valence-electron chi connectivity index (χ3n) is 5.33. The molecule has 0 aliphatic carbocycles. The number of nitrogens with one attached hydrogen (secondary N) is 2. The molecule has 1 aliphatic rings. The molecule has 6 nitrogen and oxygen atoms in total. The Bertz CT molecular complexity index is 1220. The van der Waals surface area contributed by atoms with Crippen LogP contribution in [0.3, 0.4) is 0 Å². The maximum atomic E-state index is 13.6. The van der Waals surface area contributed by atoms with E-state index in [1.165, 1.54) is 40.8 Å². The van der Waals surface area contributed by atoms with Crippen LogP contribution >= 0.6 is 23.1 Å². The van der Waals surface area contributed by atoms with Crippen LogP contribution in [-0.2, 0) is 6.54 Å². The van der Waals surface area contributed by atoms with Gasteiger partial charge in [0.25, 0.3) is 0 Å². The first-order valence-electron chi connectivity index (χ1n) is 10.4. The van der Waals surface area contributed by atoms with E-state index in [0.717, 1.165) is 40.8 Å². The van der Waals surface area contributed by atoms with Gasteiger partial charge in [-0.3, -0.25) is 4.90 Å². The molecule has 3 heterocycles. The van der Waals surface area contributed by atoms with E-state index in [4.69, 9.17) is 0 Å². The Hall–Kier alpha value is -2.75. The number of halogens is 1. The zero-order chi connectivity index (χ0) is 21.9. The molecule has 32 heavy (non-hydrogen) atoms. The minimum atomic E-state index is -0.228. The van der Waals surface area contributed by atoms with Gasteiger partial charge in [-0.1, -0.05) is 23.5 Å². The summed E-state index contributed by atoms with van der Waals surface area (Å²) < 4.78 is 14.4. The lowest BCUT2D eigenvalue weighted by atomic mass is 10.2. The number of thioether (sulfide) groups is 1. The molecule has 164 valence electrons. The highest BCUT2D eigenvalue weighted by atomic mass is 32.2. The summed E-state index contributed by atoms with van der Waals surface area (Å²) in [6, 6.07) is 13.4. The second-order valence-corrected chi connectivity index (χ2v) is 9.92. The molecule has 0 spiro atoms. The fourth-order valence-electron chi connectivity index (χ4n) is 3.59. The first kappa shape index (κ1) is 21.1. The van der Waals surface area contributed by atoms with Gasteiger partial charge in [-0.25, -0.2) is 14.4 Å². The zero-order valence-corrected chi connectivity index (χ0v) is 19.3. The SMILES string of the molecule is Cc1cc(Nc2ncnc3nc(Nc4ccc(CN5CCSCC5)cc4)sc23)ccc1F. The number of aromatic nitrogens is 3. The van der Waals surface area contributed by atoms with Crippen LogP contribution in [0.4, 0.5) is 26.7 Å². The summed E-state index contributed by atoms with van der Waals surface area (Å²) in [6.07, 6.45) is 1.48. The Labute approximate surface area is 194 Å². The van der Waals surface area contributed by atoms with Gasteiger partial charge < -0.3 is 10.6 Å². The molecule has 1 aliphatic heterocycles. The maximum absolute atomic E-state index is 13.6. The molecule has 0 radical (unpaired) electrons. The predicted octanol–water partition coefficient (Wildman–Crippen LogP) is 5.57. The quantitative estimate of drug-likeness (QED) is 0.385. The fourth-order valence-corrected chi connectivity index (χ4v) is 5.45. The summed E-state index contributed by atoms with van der Waals surface area (Å²) in [7, 11) is 0. The number of hydrogen-bond donors (Lipinski definition) is 2. The molecular formula is C23H23FN6S2. The van der Waals surface area contributed by atoms with Crippen molar-refractivity contribution >= 4 is 55.8 Å². The van der Waals surface area contributed by atoms with Crippen molar-refractivity contribution in [3.05, 3.63) is 65.7 Å². The van der Waals surface area contributed by atoms with Crippen LogP contribution in [0.15, 0.2) is 48.8 Å². The van der Waals surface area contributed by atoms with E-state index in [1.807, 2.05) is 11.8 Å². The Balaban J connectivity index is 1.30. The number of hydrogen-bond acceptors (Lipinski definition) is 8. The first-order chi connectivity index (χ1) is 15.6. The van der Waals surface area contributed by atoms with Crippen molar-refractivity contribution in [2.45, 2.75) is 13.5 Å². The molecule has 5 rings (SSSR count). The summed E-state index contributed by atoms with van der Waals surface area (Å²) in [5, 5.41) is 7.38. The number of anilines is 4. The van der Waals surface area contributed by atoms with Crippen LogP contribution in [0.1, 0.15) is 11.1 Å². The lowest BCUT2D eigenvalue weighted by Gasteiger charge is -2.26. The highest BCUT2D eigenvalue weighted by Crippen LogP contribution is 2.33. The third kappa shape index (κ3) is 4.85. The Morgan fingerprint density at radius 1 is 1.00 bits per heavy atom. The number of aryl methyl sites for hydroxylation is 1. The van der Waals surface area contributed by atoms with Crippen molar-refractivity contribution < 1.29 is 4.39 Å². The summed E-state index contributed by atoms with van der Waals surface area (Å²) >= 11 is 3.51. The standard InChI is InChI=1S/C23H23FN6S2/c1-15-12-18(6-7-19(15)24)27-21-20-22(26-14-25-21)29-23(32-20)28-17-4-2-16(3-5-17)13-30-8-10-31-11-9-30/h2-7,12,14H,8-11,13H2,1H3,(H2,25,26,27,28,29). The highest BCUT2D eigenvalue weighted by molar-refractivity contribution is 7.99. The van der Waals surface area contributed by atoms with Gasteiger partial charge in [0.15, 0.2) is 16.6 Å². The van der Waals surface area contributed by atoms with Gasteiger partial charge in [-0.05, 0) is 48.4 Å². The monoisotopic (exact) mass is 466 g/mol. The van der Waals surface area contributed by atoms with Crippen molar-refractivity contribution in [3.63, 3.8) is 0 Å². The van der Waals surface area contributed by atoms with E-state index < -0.39 is 0 Å². The van der Waals surface area contributed by atoms with E-state index >= 15 is 0 Å². The summed E-state index contributed by atoms with van der Waals surface area (Å²) in [4.78, 5) is 15.8. The molecule has 1 saturated heterocycles. The fraction of sp³-hybridized carbons (Fsp3) is 0.261. The third-order valence-corrected chi connectivity index (χ3v) is 7.24. The van der Waals surface area contributed by atoms with Gasteiger partial charge in [0.2, 0.25) is 0 Å². The molecule has 9 heteroatoms. The smallest absolute Gasteiger partial charge is 0.189 e. The highest BCUT2D eigenvalue weighted by Gasteiger charge is 2.13. The van der Waals surface area contributed by atoms with Crippen molar-refractivity contribution in [2.24, 2.45) is 0 Å². The molecule has 0 unspecified atom stereocenters. The Morgan fingerprint density at radius 2 is 1.78 bits per heavy atom.